The molecule has 0 aliphatic carbocycles. The SMILES string of the molecule is O=C(NCCN1CCCCC1)[C@@H]1CCN(c2ccc(Cl)cc2)C1=O. The molecular formula is C18H24ClN3O2. The van der Waals surface area contributed by atoms with Gasteiger partial charge in [-0.1, -0.05) is 18.0 Å². The fourth-order valence-corrected chi connectivity index (χ4v) is 3.57. The molecule has 0 saturated carbocycles. The Balaban J connectivity index is 1.49. The number of rotatable bonds is 5. The van der Waals surface area contributed by atoms with E-state index in [2.05, 4.69) is 10.2 Å². The third-order valence-corrected chi connectivity index (χ3v) is 5.09. The van der Waals surface area contributed by atoms with Crippen LogP contribution in [0, 0.1) is 5.92 Å². The molecule has 2 aliphatic rings. The van der Waals surface area contributed by atoms with Crippen LogP contribution in [0.2, 0.25) is 5.02 Å². The molecule has 2 aliphatic heterocycles. The van der Waals surface area contributed by atoms with E-state index in [1.54, 1.807) is 17.0 Å². The van der Waals surface area contributed by atoms with Gasteiger partial charge in [0.2, 0.25) is 11.8 Å². The number of amides is 2. The molecule has 2 saturated heterocycles. The molecule has 1 aromatic carbocycles. The zero-order valence-corrected chi connectivity index (χ0v) is 14.6. The van der Waals surface area contributed by atoms with Gasteiger partial charge < -0.3 is 15.1 Å². The minimum absolute atomic E-state index is 0.118. The number of carbonyl (C=O) groups is 2. The summed E-state index contributed by atoms with van der Waals surface area (Å²) in [5.74, 6) is -0.830. The van der Waals surface area contributed by atoms with Gasteiger partial charge in [-0.25, -0.2) is 0 Å². The lowest BCUT2D eigenvalue weighted by Crippen LogP contribution is -2.41. The van der Waals surface area contributed by atoms with Crippen molar-refractivity contribution in [3.05, 3.63) is 29.3 Å². The molecule has 1 N–H and O–H groups in total. The lowest BCUT2D eigenvalue weighted by Gasteiger charge is -2.26. The lowest BCUT2D eigenvalue weighted by atomic mass is 10.1. The van der Waals surface area contributed by atoms with E-state index in [0.717, 1.165) is 25.3 Å². The smallest absolute Gasteiger partial charge is 0.239 e. The number of benzene rings is 1. The molecule has 1 aromatic rings. The summed E-state index contributed by atoms with van der Waals surface area (Å²) in [5, 5.41) is 3.57. The number of piperidine rings is 1. The van der Waals surface area contributed by atoms with E-state index < -0.39 is 5.92 Å². The maximum absolute atomic E-state index is 12.5. The number of anilines is 1. The molecule has 0 aromatic heterocycles. The number of nitrogens with one attached hydrogen (secondary N) is 1. The van der Waals surface area contributed by atoms with Gasteiger partial charge in [-0.2, -0.15) is 0 Å². The second-order valence-corrected chi connectivity index (χ2v) is 6.94. The van der Waals surface area contributed by atoms with Gasteiger partial charge in [-0.3, -0.25) is 9.59 Å². The van der Waals surface area contributed by atoms with Crippen LogP contribution in [0.4, 0.5) is 5.69 Å². The standard InChI is InChI=1S/C18H24ClN3O2/c19-14-4-6-15(7-5-14)22-12-8-16(18(22)24)17(23)20-9-13-21-10-2-1-3-11-21/h4-7,16H,1-3,8-13H2,(H,20,23)/t16-/m0/s1. The molecule has 0 spiro atoms. The lowest BCUT2D eigenvalue weighted by molar-refractivity contribution is -0.132. The van der Waals surface area contributed by atoms with E-state index >= 15 is 0 Å². The normalized spacial score (nSPS) is 22.0. The number of likely N-dealkylation sites (tertiary alicyclic amines) is 1. The van der Waals surface area contributed by atoms with E-state index in [1.807, 2.05) is 12.1 Å². The average molecular weight is 350 g/mol. The number of nitrogens with zero attached hydrogens (tertiary/aromatic N) is 2. The van der Waals surface area contributed by atoms with Gasteiger partial charge in [0, 0.05) is 30.3 Å². The summed E-state index contributed by atoms with van der Waals surface area (Å²) in [6.07, 6.45) is 4.35. The monoisotopic (exact) mass is 349 g/mol. The first kappa shape index (κ1) is 17.2. The Labute approximate surface area is 147 Å². The molecule has 0 radical (unpaired) electrons. The van der Waals surface area contributed by atoms with Crippen LogP contribution in [-0.2, 0) is 9.59 Å². The Kier molecular flexibility index (Phi) is 5.74. The van der Waals surface area contributed by atoms with Crippen LogP contribution in [-0.4, -0.2) is 49.4 Å². The molecule has 3 rings (SSSR count). The summed E-state index contributed by atoms with van der Waals surface area (Å²) < 4.78 is 0. The summed E-state index contributed by atoms with van der Waals surface area (Å²) in [5.41, 5.74) is 0.799. The minimum atomic E-state index is -0.568. The van der Waals surface area contributed by atoms with Crippen LogP contribution in [0.3, 0.4) is 0 Å². The third-order valence-electron chi connectivity index (χ3n) is 4.84. The Morgan fingerprint density at radius 2 is 1.83 bits per heavy atom. The highest BCUT2D eigenvalue weighted by molar-refractivity contribution is 6.30. The highest BCUT2D eigenvalue weighted by Gasteiger charge is 2.37. The molecule has 1 atom stereocenters. The Morgan fingerprint density at radius 3 is 2.54 bits per heavy atom. The first-order valence-corrected chi connectivity index (χ1v) is 9.10. The Morgan fingerprint density at radius 1 is 1.12 bits per heavy atom. The first-order valence-electron chi connectivity index (χ1n) is 8.72. The number of halogens is 1. The number of hydrogen-bond donors (Lipinski definition) is 1. The molecule has 0 bridgehead atoms. The molecule has 130 valence electrons. The van der Waals surface area contributed by atoms with Crippen molar-refractivity contribution in [2.24, 2.45) is 5.92 Å². The summed E-state index contributed by atoms with van der Waals surface area (Å²) in [7, 11) is 0. The number of hydrogen-bond acceptors (Lipinski definition) is 3. The maximum Gasteiger partial charge on any atom is 0.239 e. The van der Waals surface area contributed by atoms with Crippen molar-refractivity contribution in [3.8, 4) is 0 Å². The van der Waals surface area contributed by atoms with Crippen LogP contribution >= 0.6 is 11.6 Å². The predicted molar refractivity (Wildman–Crippen MR) is 95.2 cm³/mol. The molecule has 2 fully saturated rings. The van der Waals surface area contributed by atoms with E-state index in [4.69, 9.17) is 11.6 Å². The highest BCUT2D eigenvalue weighted by atomic mass is 35.5. The van der Waals surface area contributed by atoms with Crippen LogP contribution in [0.5, 0.6) is 0 Å². The van der Waals surface area contributed by atoms with Crippen molar-refractivity contribution in [2.75, 3.05) is 37.6 Å². The Bertz CT molecular complexity index is 584. The topological polar surface area (TPSA) is 52.7 Å². The maximum atomic E-state index is 12.5. The van der Waals surface area contributed by atoms with Crippen molar-refractivity contribution in [1.82, 2.24) is 10.2 Å². The van der Waals surface area contributed by atoms with Gasteiger partial charge >= 0.3 is 0 Å². The van der Waals surface area contributed by atoms with Crippen molar-refractivity contribution >= 4 is 29.1 Å². The molecule has 0 unspecified atom stereocenters. The second kappa shape index (κ2) is 7.99. The minimum Gasteiger partial charge on any atom is -0.354 e. The molecule has 24 heavy (non-hydrogen) atoms. The highest BCUT2D eigenvalue weighted by Crippen LogP contribution is 2.26. The number of carbonyl (C=O) groups excluding carboxylic acids is 2. The van der Waals surface area contributed by atoms with E-state index in [0.29, 0.717) is 24.5 Å². The summed E-state index contributed by atoms with van der Waals surface area (Å²) >= 11 is 5.88. The van der Waals surface area contributed by atoms with E-state index in [1.165, 1.54) is 19.3 Å². The molecular weight excluding hydrogens is 326 g/mol. The summed E-state index contributed by atoms with van der Waals surface area (Å²) in [4.78, 5) is 28.9. The van der Waals surface area contributed by atoms with Crippen molar-refractivity contribution in [3.63, 3.8) is 0 Å². The third kappa shape index (κ3) is 4.08. The summed E-state index contributed by atoms with van der Waals surface area (Å²) in [6.45, 7) is 4.28. The molecule has 6 heteroatoms. The summed E-state index contributed by atoms with van der Waals surface area (Å²) in [6, 6.07) is 7.15. The molecule has 2 amide bonds. The molecule has 5 nitrogen and oxygen atoms in total. The molecule has 2 heterocycles. The van der Waals surface area contributed by atoms with Gasteiger partial charge in [0.05, 0.1) is 0 Å². The van der Waals surface area contributed by atoms with Crippen LogP contribution in [0.1, 0.15) is 25.7 Å². The van der Waals surface area contributed by atoms with Gasteiger partial charge in [-0.05, 0) is 56.6 Å². The van der Waals surface area contributed by atoms with Crippen molar-refractivity contribution in [1.29, 1.82) is 0 Å². The fraction of sp³-hybridized carbons (Fsp3) is 0.556. The van der Waals surface area contributed by atoms with Crippen LogP contribution < -0.4 is 10.2 Å². The quantitative estimate of drug-likeness (QED) is 0.830. The van der Waals surface area contributed by atoms with Crippen molar-refractivity contribution < 1.29 is 9.59 Å². The van der Waals surface area contributed by atoms with Gasteiger partial charge in [0.15, 0.2) is 0 Å². The van der Waals surface area contributed by atoms with Crippen LogP contribution in [0.25, 0.3) is 0 Å². The second-order valence-electron chi connectivity index (χ2n) is 6.50. The van der Waals surface area contributed by atoms with E-state index in [-0.39, 0.29) is 11.8 Å². The zero-order chi connectivity index (χ0) is 16.9. The first-order chi connectivity index (χ1) is 11.6. The van der Waals surface area contributed by atoms with Gasteiger partial charge in [0.1, 0.15) is 5.92 Å². The average Bonchev–Trinajstić information content (AvgIpc) is 2.98. The van der Waals surface area contributed by atoms with Gasteiger partial charge in [0.25, 0.3) is 0 Å². The Hall–Kier alpha value is -1.59. The zero-order valence-electron chi connectivity index (χ0n) is 13.8. The largest absolute Gasteiger partial charge is 0.354 e. The predicted octanol–water partition coefficient (Wildman–Crippen LogP) is 2.29. The van der Waals surface area contributed by atoms with Crippen LogP contribution in [0.15, 0.2) is 24.3 Å². The van der Waals surface area contributed by atoms with Gasteiger partial charge in [-0.15, -0.1) is 0 Å². The fourth-order valence-electron chi connectivity index (χ4n) is 3.44. The van der Waals surface area contributed by atoms with E-state index in [9.17, 15) is 9.59 Å². The van der Waals surface area contributed by atoms with Crippen molar-refractivity contribution in [2.45, 2.75) is 25.7 Å².